The zero-order valence-electron chi connectivity index (χ0n) is 47.2. The first-order valence-electron chi connectivity index (χ1n) is 28.5. The van der Waals surface area contributed by atoms with E-state index in [0.29, 0.717) is 42.5 Å². The van der Waals surface area contributed by atoms with Crippen molar-refractivity contribution in [1.29, 1.82) is 0 Å². The van der Waals surface area contributed by atoms with Gasteiger partial charge in [-0.05, 0) is 142 Å². The average molecular weight is 1130 g/mol. The Balaban J connectivity index is 0.794. The molecular weight excluding hydrogens is 1050 g/mol. The van der Waals surface area contributed by atoms with Gasteiger partial charge in [0.25, 0.3) is 21.8 Å². The fourth-order valence-electron chi connectivity index (χ4n) is 12.6. The monoisotopic (exact) mass is 1130 g/mol. The Kier molecular flexibility index (Phi) is 15.9. The minimum atomic E-state index is -4.61. The van der Waals surface area contributed by atoms with E-state index in [-0.39, 0.29) is 62.9 Å². The number of anilines is 3. The molecular formula is C61H75FN9O9S-. The standard InChI is InChI=1S/C61H75FN9O9S/c1-38(2)45-9-7-8-10-46(45)51-37-69(36-40-11-16-52(54(27-40)77-5)79-43-13-14-43)25-26-71(51)42-31-61(32-42)21-23-70(24-22-61)41-12-15-47(53(28-41)80-55-30-48-49(62)35-65-56(48)66-59(55)78-6)58(72)67-81(75,76)44-29-50(68(4)74)57(64-34-44)63-33-39-17-19-60(3,73)20-18-39/h7-12,15-16,27-30,34-35,38-39,42-43,51,73H,13-14,17-26,31-33,36-37H2,1-6H3,(H,63,64)(H,65,66)(H,67,72)/q-1/t39?,51-,60?/m0/s1. The van der Waals surface area contributed by atoms with Crippen molar-refractivity contribution >= 4 is 44.2 Å². The van der Waals surface area contributed by atoms with E-state index in [1.807, 2.05) is 6.92 Å². The predicted octanol–water partition coefficient (Wildman–Crippen LogP) is 10.3. The van der Waals surface area contributed by atoms with Gasteiger partial charge in [0.05, 0.1) is 42.6 Å². The van der Waals surface area contributed by atoms with Crippen LogP contribution in [0.1, 0.15) is 124 Å². The number of hydrogen-bond acceptors (Lipinski definition) is 16. The van der Waals surface area contributed by atoms with E-state index in [2.05, 4.69) is 96.0 Å². The molecule has 18 nitrogen and oxygen atoms in total. The number of ether oxygens (including phenoxy) is 4. The van der Waals surface area contributed by atoms with E-state index in [0.717, 1.165) is 114 Å². The molecule has 0 bridgehead atoms. The fraction of sp³-hybridized carbons (Fsp3) is 0.492. The number of piperidine rings is 1. The maximum atomic E-state index is 15.0. The number of hydrogen-bond donors (Lipinski definition) is 4. The summed E-state index contributed by atoms with van der Waals surface area (Å²) in [7, 11) is -0.268. The van der Waals surface area contributed by atoms with Gasteiger partial charge in [-0.3, -0.25) is 14.6 Å². The Labute approximate surface area is 473 Å². The fourth-order valence-corrected chi connectivity index (χ4v) is 13.6. The van der Waals surface area contributed by atoms with Crippen LogP contribution in [0.5, 0.6) is 28.9 Å². The van der Waals surface area contributed by atoms with E-state index in [1.165, 1.54) is 55.2 Å². The van der Waals surface area contributed by atoms with Crippen LogP contribution in [0.3, 0.4) is 0 Å². The number of methoxy groups -OCH3 is 2. The summed E-state index contributed by atoms with van der Waals surface area (Å²) in [4.78, 5) is 33.0. The first-order chi connectivity index (χ1) is 38.9. The zero-order chi connectivity index (χ0) is 56.8. The van der Waals surface area contributed by atoms with E-state index >= 15 is 0 Å². The number of piperazine rings is 1. The third-order valence-corrected chi connectivity index (χ3v) is 18.9. The van der Waals surface area contributed by atoms with Crippen LogP contribution >= 0.6 is 0 Å². The normalized spacial score (nSPS) is 21.7. The molecule has 3 aliphatic carbocycles. The van der Waals surface area contributed by atoms with Crippen LogP contribution in [-0.2, 0) is 16.6 Å². The quantitative estimate of drug-likeness (QED) is 0.0556. The van der Waals surface area contributed by atoms with Crippen LogP contribution in [0, 0.1) is 22.4 Å². The van der Waals surface area contributed by atoms with Crippen molar-refractivity contribution in [3.8, 4) is 28.9 Å². The summed E-state index contributed by atoms with van der Waals surface area (Å²) in [6.45, 7) is 12.0. The van der Waals surface area contributed by atoms with Gasteiger partial charge in [0.1, 0.15) is 27.9 Å². The number of H-pyrrole nitrogens is 1. The molecule has 4 N–H and O–H groups in total. The lowest BCUT2D eigenvalue weighted by atomic mass is 9.59. The lowest BCUT2D eigenvalue weighted by molar-refractivity contribution is -0.0628. The third kappa shape index (κ3) is 12.3. The summed E-state index contributed by atoms with van der Waals surface area (Å²) >= 11 is 0. The second-order valence-corrected chi connectivity index (χ2v) is 25.4. The van der Waals surface area contributed by atoms with Crippen molar-refractivity contribution < 1.29 is 41.7 Å². The molecule has 2 saturated heterocycles. The van der Waals surface area contributed by atoms with Gasteiger partial charge in [-0.1, -0.05) is 44.2 Å². The van der Waals surface area contributed by atoms with Gasteiger partial charge < -0.3 is 49.5 Å². The Bertz CT molecular complexity index is 3360. The van der Waals surface area contributed by atoms with E-state index in [4.69, 9.17) is 18.9 Å². The summed E-state index contributed by atoms with van der Waals surface area (Å²) in [6.07, 6.45) is 11.7. The highest BCUT2D eigenvalue weighted by molar-refractivity contribution is 7.90. The van der Waals surface area contributed by atoms with Gasteiger partial charge in [-0.15, -0.1) is 0 Å². The summed E-state index contributed by atoms with van der Waals surface area (Å²) in [6, 6.07) is 23.6. The average Bonchev–Trinajstić information content (AvgIpc) is 4.20. The Morgan fingerprint density at radius 2 is 1.69 bits per heavy atom. The van der Waals surface area contributed by atoms with Crippen LogP contribution < -0.4 is 38.9 Å². The molecule has 3 aromatic carbocycles. The molecule has 1 amide bonds. The molecule has 5 aliphatic rings. The summed E-state index contributed by atoms with van der Waals surface area (Å²) < 4.78 is 69.1. The number of aromatic amines is 1. The number of fused-ring (bicyclic) bond motifs is 1. The zero-order valence-corrected chi connectivity index (χ0v) is 48.0. The molecule has 432 valence electrons. The number of aromatic nitrogens is 3. The van der Waals surface area contributed by atoms with Gasteiger partial charge in [0, 0.05) is 88.1 Å². The number of halogens is 1. The van der Waals surface area contributed by atoms with Crippen LogP contribution in [-0.4, -0.2) is 122 Å². The van der Waals surface area contributed by atoms with E-state index < -0.39 is 32.2 Å². The molecule has 0 unspecified atom stereocenters. The molecule has 3 saturated carbocycles. The van der Waals surface area contributed by atoms with Gasteiger partial charge in [-0.25, -0.2) is 22.5 Å². The number of hydroxylamine groups is 1. The van der Waals surface area contributed by atoms with Crippen molar-refractivity contribution in [2.45, 2.75) is 126 Å². The minimum absolute atomic E-state index is 0.00734. The van der Waals surface area contributed by atoms with Gasteiger partial charge >= 0.3 is 0 Å². The number of carbonyl (C=O) groups excluding carboxylic acids is 1. The first-order valence-corrected chi connectivity index (χ1v) is 30.0. The van der Waals surface area contributed by atoms with Crippen molar-refractivity contribution in [1.82, 2.24) is 29.5 Å². The van der Waals surface area contributed by atoms with Gasteiger partial charge in [0.15, 0.2) is 17.2 Å². The molecule has 2 aliphatic heterocycles. The lowest BCUT2D eigenvalue weighted by Crippen LogP contribution is -2.60. The topological polar surface area (TPSA) is 210 Å². The highest BCUT2D eigenvalue weighted by Crippen LogP contribution is 2.54. The maximum absolute atomic E-state index is 15.0. The van der Waals surface area contributed by atoms with Gasteiger partial charge in [0.2, 0.25) is 0 Å². The highest BCUT2D eigenvalue weighted by Gasteiger charge is 2.50. The highest BCUT2D eigenvalue weighted by atomic mass is 32.2. The number of rotatable bonds is 19. The first kappa shape index (κ1) is 56.2. The third-order valence-electron chi connectivity index (χ3n) is 17.6. The molecule has 5 heterocycles. The van der Waals surface area contributed by atoms with Crippen LogP contribution in [0.4, 0.5) is 21.6 Å². The molecule has 1 spiro atoms. The Hall–Kier alpha value is -6.71. The van der Waals surface area contributed by atoms with Crippen LogP contribution in [0.15, 0.2) is 90.1 Å². The van der Waals surface area contributed by atoms with Crippen LogP contribution in [0.25, 0.3) is 11.0 Å². The smallest absolute Gasteiger partial charge is 0.268 e. The molecule has 0 radical (unpaired) electrons. The molecule has 11 rings (SSSR count). The van der Waals surface area contributed by atoms with Crippen LogP contribution in [0.2, 0.25) is 0 Å². The molecule has 5 fully saturated rings. The number of amides is 1. The summed E-state index contributed by atoms with van der Waals surface area (Å²) in [5.41, 5.74) is 4.30. The minimum Gasteiger partial charge on any atom is -0.758 e. The predicted molar refractivity (Wildman–Crippen MR) is 310 cm³/mol. The number of sulfonamides is 1. The second-order valence-electron chi connectivity index (χ2n) is 23.7. The SMILES string of the molecule is COc1cc(CN2CCN(C3CC4(CCN(c5ccc(C(=O)NS(=O)(=O)c6cnc(NCC7CCC(C)(O)CC7)c(N(C)[O-])c6)c(Oc6cc7c(F)c[nH]c7nc6OC)c5)CC4)C3)[C@H](c3ccccc3C(C)C)C2)ccc1OC1CC1. The largest absolute Gasteiger partial charge is 0.758 e. The molecule has 6 aromatic rings. The summed E-state index contributed by atoms with van der Waals surface area (Å²) in [5, 5.41) is 27.1. The maximum Gasteiger partial charge on any atom is 0.268 e. The van der Waals surface area contributed by atoms with Crippen molar-refractivity contribution in [2.24, 2.45) is 11.3 Å². The van der Waals surface area contributed by atoms with E-state index in [9.17, 15) is 27.9 Å². The van der Waals surface area contributed by atoms with Crippen molar-refractivity contribution in [2.75, 3.05) is 75.8 Å². The molecule has 1 atom stereocenters. The molecule has 81 heavy (non-hydrogen) atoms. The second kappa shape index (κ2) is 22.9. The summed E-state index contributed by atoms with van der Waals surface area (Å²) in [5.74, 6) is 0.843. The van der Waals surface area contributed by atoms with E-state index in [1.54, 1.807) is 19.2 Å². The molecule has 20 heteroatoms. The number of nitrogens with zero attached hydrogens (tertiary/aromatic N) is 6. The van der Waals surface area contributed by atoms with Crippen molar-refractivity contribution in [3.63, 3.8) is 0 Å². The Morgan fingerprint density at radius 1 is 0.926 bits per heavy atom. The number of nitrogens with one attached hydrogen (secondary N) is 3. The number of aliphatic hydroxyl groups is 1. The Morgan fingerprint density at radius 3 is 2.41 bits per heavy atom. The lowest BCUT2D eigenvalue weighted by Gasteiger charge is -2.58. The van der Waals surface area contributed by atoms with Crippen molar-refractivity contribution in [3.05, 3.63) is 118 Å². The number of carbonyl (C=O) groups is 1. The number of benzene rings is 3. The number of pyridine rings is 2. The van der Waals surface area contributed by atoms with Gasteiger partial charge in [-0.2, -0.15) is 4.98 Å². The molecule has 3 aromatic heterocycles.